The maximum Gasteiger partial charge on any atom is -0.0417 e. The van der Waals surface area contributed by atoms with Gasteiger partial charge in [0, 0.05) is 0 Å². The van der Waals surface area contributed by atoms with Gasteiger partial charge in [-0.25, -0.2) is 0 Å². The highest BCUT2D eigenvalue weighted by molar-refractivity contribution is 4.67. The highest BCUT2D eigenvalue weighted by Crippen LogP contribution is 2.29. The first-order valence-corrected chi connectivity index (χ1v) is 8.80. The molecule has 0 heteroatoms. The third-order valence-electron chi connectivity index (χ3n) is 5.41. The van der Waals surface area contributed by atoms with Crippen LogP contribution in [-0.4, -0.2) is 0 Å². The Bertz CT molecular complexity index is 139. The average molecular weight is 252 g/mol. The van der Waals surface area contributed by atoms with Crippen LogP contribution >= 0.6 is 0 Å². The maximum absolute atomic E-state index is 2.39. The normalized spacial score (nSPS) is 32.5. The van der Waals surface area contributed by atoms with E-state index in [-0.39, 0.29) is 0 Å². The Balaban J connectivity index is 2.44. The Kier molecular flexibility index (Phi) is 8.80. The lowest BCUT2D eigenvalue weighted by Gasteiger charge is -2.22. The Labute approximate surface area is 116 Å². The summed E-state index contributed by atoms with van der Waals surface area (Å²) in [6.45, 7) is 7.18. The van der Waals surface area contributed by atoms with E-state index in [0.29, 0.717) is 0 Å². The molecule has 0 aromatic heterocycles. The minimum Gasteiger partial charge on any atom is -0.0651 e. The second-order valence-electron chi connectivity index (χ2n) is 6.62. The van der Waals surface area contributed by atoms with Crippen molar-refractivity contribution in [2.24, 2.45) is 17.8 Å². The highest BCUT2D eigenvalue weighted by Gasteiger charge is 2.14. The van der Waals surface area contributed by atoms with E-state index in [9.17, 15) is 0 Å². The van der Waals surface area contributed by atoms with Crippen LogP contribution < -0.4 is 0 Å². The second kappa shape index (κ2) is 9.87. The van der Waals surface area contributed by atoms with Crippen molar-refractivity contribution in [1.29, 1.82) is 0 Å². The largest absolute Gasteiger partial charge is 0.0651 e. The topological polar surface area (TPSA) is 0 Å². The Morgan fingerprint density at radius 1 is 0.500 bits per heavy atom. The molecule has 1 aliphatic rings. The highest BCUT2D eigenvalue weighted by atomic mass is 14.2. The zero-order valence-electron chi connectivity index (χ0n) is 13.2. The predicted molar refractivity (Wildman–Crippen MR) is 82.9 cm³/mol. The molecule has 108 valence electrons. The fourth-order valence-corrected chi connectivity index (χ4v) is 3.74. The van der Waals surface area contributed by atoms with E-state index in [4.69, 9.17) is 0 Å². The van der Waals surface area contributed by atoms with E-state index in [2.05, 4.69) is 20.8 Å². The zero-order chi connectivity index (χ0) is 13.2. The summed E-state index contributed by atoms with van der Waals surface area (Å²) in [6, 6.07) is 0. The van der Waals surface area contributed by atoms with Gasteiger partial charge in [0.1, 0.15) is 0 Å². The lowest BCUT2D eigenvalue weighted by atomic mass is 9.84. The van der Waals surface area contributed by atoms with Gasteiger partial charge in [-0.2, -0.15) is 0 Å². The molecule has 1 fully saturated rings. The van der Waals surface area contributed by atoms with Crippen molar-refractivity contribution in [3.63, 3.8) is 0 Å². The standard InChI is InChI=1S/C18H36/c1-4-16-10-7-12-17(5-2)14-9-15-18(6-3)13-8-11-16/h16-18H,4-15H2,1-3H3. The smallest absolute Gasteiger partial charge is 0.0417 e. The van der Waals surface area contributed by atoms with E-state index >= 15 is 0 Å². The third-order valence-corrected chi connectivity index (χ3v) is 5.41. The lowest BCUT2D eigenvalue weighted by Crippen LogP contribution is -2.08. The Morgan fingerprint density at radius 3 is 0.889 bits per heavy atom. The average Bonchev–Trinajstić information content (AvgIpc) is 2.39. The first-order valence-electron chi connectivity index (χ1n) is 8.80. The van der Waals surface area contributed by atoms with Crippen LogP contribution in [0.3, 0.4) is 0 Å². The molecule has 0 radical (unpaired) electrons. The second-order valence-corrected chi connectivity index (χ2v) is 6.62. The van der Waals surface area contributed by atoms with Gasteiger partial charge in [-0.15, -0.1) is 0 Å². The number of hydrogen-bond acceptors (Lipinski definition) is 0. The van der Waals surface area contributed by atoms with Crippen molar-refractivity contribution < 1.29 is 0 Å². The first kappa shape index (κ1) is 16.1. The van der Waals surface area contributed by atoms with Crippen LogP contribution in [0.5, 0.6) is 0 Å². The van der Waals surface area contributed by atoms with E-state index < -0.39 is 0 Å². The maximum atomic E-state index is 2.39. The molecule has 0 atom stereocenters. The van der Waals surface area contributed by atoms with Crippen molar-refractivity contribution in [3.8, 4) is 0 Å². The summed E-state index contributed by atoms with van der Waals surface area (Å²) in [5.74, 6) is 3.08. The van der Waals surface area contributed by atoms with Crippen molar-refractivity contribution in [1.82, 2.24) is 0 Å². The molecule has 0 bridgehead atoms. The van der Waals surface area contributed by atoms with E-state index in [1.54, 1.807) is 0 Å². The van der Waals surface area contributed by atoms with Crippen LogP contribution in [0.25, 0.3) is 0 Å². The van der Waals surface area contributed by atoms with Crippen LogP contribution in [-0.2, 0) is 0 Å². The van der Waals surface area contributed by atoms with Gasteiger partial charge in [-0.05, 0) is 17.8 Å². The molecule has 1 saturated carbocycles. The summed E-state index contributed by atoms with van der Waals surface area (Å²) < 4.78 is 0. The van der Waals surface area contributed by atoms with Crippen molar-refractivity contribution in [2.45, 2.75) is 97.8 Å². The van der Waals surface area contributed by atoms with Crippen LogP contribution in [0.15, 0.2) is 0 Å². The molecule has 0 N–H and O–H groups in total. The van der Waals surface area contributed by atoms with Gasteiger partial charge >= 0.3 is 0 Å². The summed E-state index contributed by atoms with van der Waals surface area (Å²) in [6.07, 6.45) is 17.7. The molecule has 0 saturated heterocycles. The monoisotopic (exact) mass is 252 g/mol. The minimum atomic E-state index is 1.03. The van der Waals surface area contributed by atoms with Crippen molar-refractivity contribution >= 4 is 0 Å². The van der Waals surface area contributed by atoms with Crippen LogP contribution in [0.4, 0.5) is 0 Å². The number of rotatable bonds is 3. The van der Waals surface area contributed by atoms with Gasteiger partial charge < -0.3 is 0 Å². The van der Waals surface area contributed by atoms with Crippen molar-refractivity contribution in [3.05, 3.63) is 0 Å². The van der Waals surface area contributed by atoms with Crippen LogP contribution in [0.1, 0.15) is 97.8 Å². The molecule has 1 rings (SSSR count). The third kappa shape index (κ3) is 6.25. The molecular weight excluding hydrogens is 216 g/mol. The predicted octanol–water partition coefficient (Wildman–Crippen LogP) is 6.59. The number of hydrogen-bond donors (Lipinski definition) is 0. The molecule has 0 amide bonds. The lowest BCUT2D eigenvalue weighted by molar-refractivity contribution is 0.307. The van der Waals surface area contributed by atoms with Crippen LogP contribution in [0, 0.1) is 17.8 Å². The fourth-order valence-electron chi connectivity index (χ4n) is 3.74. The quantitative estimate of drug-likeness (QED) is 0.531. The molecule has 0 heterocycles. The molecule has 0 aromatic rings. The SMILES string of the molecule is CCC1CCCC(CC)CCCC(CC)CCC1. The zero-order valence-corrected chi connectivity index (χ0v) is 13.2. The molecule has 0 spiro atoms. The van der Waals surface area contributed by atoms with Gasteiger partial charge in [-0.3, -0.25) is 0 Å². The Hall–Kier alpha value is 0. The molecule has 18 heavy (non-hydrogen) atoms. The molecule has 0 aliphatic heterocycles. The van der Waals surface area contributed by atoms with Crippen molar-refractivity contribution in [2.75, 3.05) is 0 Å². The van der Waals surface area contributed by atoms with Gasteiger partial charge in [-0.1, -0.05) is 97.8 Å². The summed E-state index contributed by atoms with van der Waals surface area (Å²) >= 11 is 0. The molecule has 1 aliphatic carbocycles. The summed E-state index contributed by atoms with van der Waals surface area (Å²) in [5, 5.41) is 0. The van der Waals surface area contributed by atoms with Gasteiger partial charge in [0.2, 0.25) is 0 Å². The van der Waals surface area contributed by atoms with Crippen LogP contribution in [0.2, 0.25) is 0 Å². The van der Waals surface area contributed by atoms with E-state index in [0.717, 1.165) is 17.8 Å². The Morgan fingerprint density at radius 2 is 0.722 bits per heavy atom. The molecule has 0 nitrogen and oxygen atoms in total. The van der Waals surface area contributed by atoms with E-state index in [1.165, 1.54) is 77.0 Å². The summed E-state index contributed by atoms with van der Waals surface area (Å²) in [4.78, 5) is 0. The molecule has 0 unspecified atom stereocenters. The summed E-state index contributed by atoms with van der Waals surface area (Å²) in [7, 11) is 0. The summed E-state index contributed by atoms with van der Waals surface area (Å²) in [5.41, 5.74) is 0. The minimum absolute atomic E-state index is 1.03. The van der Waals surface area contributed by atoms with Gasteiger partial charge in [0.05, 0.1) is 0 Å². The molecule has 0 aromatic carbocycles. The van der Waals surface area contributed by atoms with Gasteiger partial charge in [0.15, 0.2) is 0 Å². The molecular formula is C18H36. The van der Waals surface area contributed by atoms with E-state index in [1.807, 2.05) is 0 Å². The van der Waals surface area contributed by atoms with Gasteiger partial charge in [0.25, 0.3) is 0 Å². The fraction of sp³-hybridized carbons (Fsp3) is 1.00. The first-order chi connectivity index (χ1) is 8.80.